The number of carbonyl (C=O) groups is 6. The molecule has 0 fully saturated rings. The van der Waals surface area contributed by atoms with Crippen molar-refractivity contribution in [2.24, 2.45) is 11.3 Å². The average molecular weight is 402 g/mol. The first kappa shape index (κ1) is 25.4. The molecule has 2 unspecified atom stereocenters. The van der Waals surface area contributed by atoms with Gasteiger partial charge in [-0.3, -0.25) is 24.0 Å². The van der Waals surface area contributed by atoms with E-state index in [0.29, 0.717) is 0 Å². The number of hydrogen-bond donors (Lipinski definition) is 1. The van der Waals surface area contributed by atoms with E-state index in [1.165, 1.54) is 20.8 Å². The standard InChI is InChI=1S/C18H26O10/c1-7-13(14(22)26-10(4)19)18(25,16(24)28-12(6)21)17(8-2,9-3)15(23)27-11(5)20/h13,25H,7-9H2,1-6H3. The highest BCUT2D eigenvalue weighted by atomic mass is 16.6. The molecule has 0 bridgehead atoms. The second-order valence-electron chi connectivity index (χ2n) is 6.19. The van der Waals surface area contributed by atoms with E-state index in [0.717, 1.165) is 20.8 Å². The molecule has 0 aliphatic carbocycles. The highest BCUT2D eigenvalue weighted by Gasteiger charge is 2.66. The Kier molecular flexibility index (Phi) is 9.13. The lowest BCUT2D eigenvalue weighted by Crippen LogP contribution is -2.65. The molecule has 0 radical (unpaired) electrons. The Morgan fingerprint density at radius 1 is 0.750 bits per heavy atom. The van der Waals surface area contributed by atoms with Gasteiger partial charge in [-0.05, 0) is 19.3 Å². The van der Waals surface area contributed by atoms with Crippen molar-refractivity contribution in [2.45, 2.75) is 66.4 Å². The number of rotatable bonds is 8. The van der Waals surface area contributed by atoms with E-state index in [-0.39, 0.29) is 19.3 Å². The second-order valence-corrected chi connectivity index (χ2v) is 6.19. The summed E-state index contributed by atoms with van der Waals surface area (Å²) in [5.41, 5.74) is -5.09. The van der Waals surface area contributed by atoms with Crippen molar-refractivity contribution in [1.29, 1.82) is 0 Å². The van der Waals surface area contributed by atoms with Gasteiger partial charge in [0.1, 0.15) is 5.41 Å². The van der Waals surface area contributed by atoms with Crippen LogP contribution in [0.2, 0.25) is 0 Å². The topological polar surface area (TPSA) is 150 Å². The van der Waals surface area contributed by atoms with E-state index in [1.807, 2.05) is 0 Å². The molecule has 0 saturated heterocycles. The monoisotopic (exact) mass is 402 g/mol. The van der Waals surface area contributed by atoms with Crippen LogP contribution in [0.25, 0.3) is 0 Å². The third-order valence-electron chi connectivity index (χ3n) is 4.55. The Balaban J connectivity index is 6.76. The first-order valence-electron chi connectivity index (χ1n) is 8.74. The zero-order valence-corrected chi connectivity index (χ0v) is 16.8. The Bertz CT molecular complexity index is 661. The summed E-state index contributed by atoms with van der Waals surface area (Å²) < 4.78 is 13.6. The molecule has 158 valence electrons. The molecule has 0 aromatic carbocycles. The van der Waals surface area contributed by atoms with Gasteiger partial charge in [0, 0.05) is 20.8 Å². The Morgan fingerprint density at radius 3 is 1.46 bits per heavy atom. The average Bonchev–Trinajstić information content (AvgIpc) is 2.54. The number of esters is 6. The zero-order valence-electron chi connectivity index (χ0n) is 16.8. The van der Waals surface area contributed by atoms with Crippen LogP contribution in [0, 0.1) is 11.3 Å². The zero-order chi connectivity index (χ0) is 22.3. The van der Waals surface area contributed by atoms with Crippen molar-refractivity contribution in [2.75, 3.05) is 0 Å². The summed E-state index contributed by atoms with van der Waals surface area (Å²) in [6.07, 6.45) is -0.781. The maximum Gasteiger partial charge on any atom is 0.347 e. The van der Waals surface area contributed by atoms with Gasteiger partial charge in [0.25, 0.3) is 0 Å². The quantitative estimate of drug-likeness (QED) is 0.351. The fourth-order valence-electron chi connectivity index (χ4n) is 3.19. The SMILES string of the molecule is CCC(C(=O)OC(C)=O)C(O)(C(=O)OC(C)=O)C(CC)(CC)C(=O)OC(C)=O. The van der Waals surface area contributed by atoms with Crippen molar-refractivity contribution in [3.63, 3.8) is 0 Å². The molecule has 2 atom stereocenters. The van der Waals surface area contributed by atoms with E-state index in [1.54, 1.807) is 0 Å². The fraction of sp³-hybridized carbons (Fsp3) is 0.667. The summed E-state index contributed by atoms with van der Waals surface area (Å²) in [6, 6.07) is 0. The van der Waals surface area contributed by atoms with Crippen LogP contribution >= 0.6 is 0 Å². The number of aliphatic hydroxyl groups is 1. The van der Waals surface area contributed by atoms with E-state index in [2.05, 4.69) is 14.2 Å². The van der Waals surface area contributed by atoms with Gasteiger partial charge in [0.15, 0.2) is 5.60 Å². The molecule has 28 heavy (non-hydrogen) atoms. The molecule has 0 amide bonds. The van der Waals surface area contributed by atoms with E-state index < -0.39 is 52.7 Å². The van der Waals surface area contributed by atoms with Crippen LogP contribution in [0.5, 0.6) is 0 Å². The second kappa shape index (κ2) is 10.1. The normalized spacial score (nSPS) is 14.2. The smallest absolute Gasteiger partial charge is 0.347 e. The summed E-state index contributed by atoms with van der Waals surface area (Å²) in [5.74, 6) is -9.02. The van der Waals surface area contributed by atoms with Crippen LogP contribution in [-0.2, 0) is 43.0 Å². The molecule has 0 heterocycles. The van der Waals surface area contributed by atoms with Crippen LogP contribution in [0.4, 0.5) is 0 Å². The van der Waals surface area contributed by atoms with Gasteiger partial charge in [-0.15, -0.1) is 0 Å². The Morgan fingerprint density at radius 2 is 1.14 bits per heavy atom. The summed E-state index contributed by atoms with van der Waals surface area (Å²) in [5, 5.41) is 11.4. The first-order chi connectivity index (χ1) is 12.8. The van der Waals surface area contributed by atoms with Crippen LogP contribution in [0.15, 0.2) is 0 Å². The molecular formula is C18H26O10. The molecule has 0 aliphatic heterocycles. The summed E-state index contributed by atoms with van der Waals surface area (Å²) in [4.78, 5) is 71.7. The predicted octanol–water partition coefficient (Wildman–Crippen LogP) is 0.819. The molecule has 0 saturated carbocycles. The molecule has 0 aliphatic rings. The number of ether oxygens (including phenoxy) is 3. The summed E-state index contributed by atoms with van der Waals surface area (Å²) >= 11 is 0. The molecule has 0 aromatic heterocycles. The lowest BCUT2D eigenvalue weighted by Gasteiger charge is -2.44. The lowest BCUT2D eigenvalue weighted by atomic mass is 9.61. The summed E-state index contributed by atoms with van der Waals surface area (Å²) in [7, 11) is 0. The first-order valence-corrected chi connectivity index (χ1v) is 8.74. The molecular weight excluding hydrogens is 376 g/mol. The molecule has 10 nitrogen and oxygen atoms in total. The van der Waals surface area contributed by atoms with Gasteiger partial charge in [0.05, 0.1) is 5.92 Å². The van der Waals surface area contributed by atoms with E-state index in [9.17, 15) is 33.9 Å². The number of carbonyl (C=O) groups excluding carboxylic acids is 6. The lowest BCUT2D eigenvalue weighted by molar-refractivity contribution is -0.213. The van der Waals surface area contributed by atoms with Crippen LogP contribution in [0.1, 0.15) is 60.8 Å². The minimum atomic E-state index is -2.95. The third-order valence-corrected chi connectivity index (χ3v) is 4.55. The minimum Gasteiger partial charge on any atom is -0.393 e. The van der Waals surface area contributed by atoms with Crippen molar-refractivity contribution in [3.8, 4) is 0 Å². The highest BCUT2D eigenvalue weighted by molar-refractivity contribution is 6.01. The predicted molar refractivity (Wildman–Crippen MR) is 92.1 cm³/mol. The van der Waals surface area contributed by atoms with Gasteiger partial charge in [-0.25, -0.2) is 4.79 Å². The van der Waals surface area contributed by atoms with Gasteiger partial charge >= 0.3 is 35.8 Å². The fourth-order valence-corrected chi connectivity index (χ4v) is 3.19. The van der Waals surface area contributed by atoms with Crippen LogP contribution < -0.4 is 0 Å². The Hall–Kier alpha value is -2.62. The van der Waals surface area contributed by atoms with Crippen LogP contribution in [-0.4, -0.2) is 46.5 Å². The minimum absolute atomic E-state index is 0.259. The van der Waals surface area contributed by atoms with Crippen molar-refractivity contribution < 1.29 is 48.1 Å². The number of hydrogen-bond acceptors (Lipinski definition) is 10. The largest absolute Gasteiger partial charge is 0.393 e. The van der Waals surface area contributed by atoms with Gasteiger partial charge < -0.3 is 19.3 Å². The van der Waals surface area contributed by atoms with Gasteiger partial charge in [-0.2, -0.15) is 0 Å². The maximum absolute atomic E-state index is 12.7. The summed E-state index contributed by atoms with van der Waals surface area (Å²) in [6.45, 7) is 7.00. The molecule has 1 N–H and O–H groups in total. The van der Waals surface area contributed by atoms with E-state index >= 15 is 0 Å². The molecule has 10 heteroatoms. The van der Waals surface area contributed by atoms with Gasteiger partial charge in [0.2, 0.25) is 0 Å². The molecule has 0 spiro atoms. The van der Waals surface area contributed by atoms with Crippen molar-refractivity contribution >= 4 is 35.8 Å². The van der Waals surface area contributed by atoms with Crippen LogP contribution in [0.3, 0.4) is 0 Å². The third kappa shape index (κ3) is 5.00. The van der Waals surface area contributed by atoms with Crippen molar-refractivity contribution in [3.05, 3.63) is 0 Å². The maximum atomic E-state index is 12.7. The van der Waals surface area contributed by atoms with Crippen molar-refractivity contribution in [1.82, 2.24) is 0 Å². The molecule has 0 rings (SSSR count). The highest BCUT2D eigenvalue weighted by Crippen LogP contribution is 2.47. The molecule has 0 aromatic rings. The Labute approximate surface area is 162 Å². The van der Waals surface area contributed by atoms with E-state index in [4.69, 9.17) is 0 Å². The van der Waals surface area contributed by atoms with Gasteiger partial charge in [-0.1, -0.05) is 20.8 Å².